The first-order valence-corrected chi connectivity index (χ1v) is 10.2. The number of primary amides is 1. The van der Waals surface area contributed by atoms with E-state index in [2.05, 4.69) is 12.2 Å². The lowest BCUT2D eigenvalue weighted by molar-refractivity contribution is -0.124. The summed E-state index contributed by atoms with van der Waals surface area (Å²) in [4.78, 5) is 26.4. The van der Waals surface area contributed by atoms with E-state index in [1.807, 2.05) is 41.3 Å². The van der Waals surface area contributed by atoms with Crippen LogP contribution in [0.5, 0.6) is 0 Å². The summed E-state index contributed by atoms with van der Waals surface area (Å²) in [5.74, 6) is -0.473. The van der Waals surface area contributed by atoms with E-state index < -0.39 is 18.0 Å². The van der Waals surface area contributed by atoms with Crippen molar-refractivity contribution in [2.75, 3.05) is 18.4 Å². The Bertz CT molecular complexity index is 857. The third kappa shape index (κ3) is 5.49. The molecular formula is C22H26ClN3O3. The third-order valence-corrected chi connectivity index (χ3v) is 5.47. The second-order valence-corrected chi connectivity index (χ2v) is 7.57. The van der Waals surface area contributed by atoms with E-state index in [-0.39, 0.29) is 6.10 Å². The van der Waals surface area contributed by atoms with Gasteiger partial charge < -0.3 is 10.5 Å². The van der Waals surface area contributed by atoms with Crippen molar-refractivity contribution in [2.45, 2.75) is 38.3 Å². The zero-order chi connectivity index (χ0) is 20.8. The average molecular weight is 416 g/mol. The van der Waals surface area contributed by atoms with Gasteiger partial charge in [-0.1, -0.05) is 48.9 Å². The maximum atomic E-state index is 12.3. The number of nitrogens with two attached hydrogens (primary N) is 1. The molecule has 154 valence electrons. The van der Waals surface area contributed by atoms with Crippen LogP contribution in [0.4, 0.5) is 10.5 Å². The van der Waals surface area contributed by atoms with Crippen LogP contribution in [0.1, 0.15) is 36.9 Å². The maximum absolute atomic E-state index is 12.3. The second-order valence-electron chi connectivity index (χ2n) is 7.17. The molecule has 1 heterocycles. The molecule has 2 aromatic rings. The number of amides is 2. The fourth-order valence-electron chi connectivity index (χ4n) is 3.65. The van der Waals surface area contributed by atoms with Crippen molar-refractivity contribution in [2.24, 2.45) is 5.73 Å². The second kappa shape index (κ2) is 9.76. The molecule has 6 nitrogen and oxygen atoms in total. The number of benzene rings is 2. The highest BCUT2D eigenvalue weighted by Crippen LogP contribution is 2.30. The maximum Gasteiger partial charge on any atom is 0.411 e. The minimum Gasteiger partial charge on any atom is -0.445 e. The number of nitrogens with one attached hydrogen (secondary N) is 1. The molecule has 1 fully saturated rings. The molecule has 0 aromatic heterocycles. The van der Waals surface area contributed by atoms with Gasteiger partial charge in [0.25, 0.3) is 0 Å². The molecule has 2 amide bonds. The topological polar surface area (TPSA) is 84.7 Å². The van der Waals surface area contributed by atoms with Crippen LogP contribution < -0.4 is 11.1 Å². The third-order valence-electron chi connectivity index (χ3n) is 5.13. The summed E-state index contributed by atoms with van der Waals surface area (Å²) in [5, 5.41) is 3.25. The Morgan fingerprint density at radius 3 is 2.62 bits per heavy atom. The number of carbonyl (C=O) groups is 2. The highest BCUT2D eigenvalue weighted by atomic mass is 35.5. The number of hydrogen-bond donors (Lipinski definition) is 2. The lowest BCUT2D eigenvalue weighted by Crippen LogP contribution is -2.46. The van der Waals surface area contributed by atoms with Crippen molar-refractivity contribution in [1.82, 2.24) is 4.90 Å². The molecule has 0 spiro atoms. The lowest BCUT2D eigenvalue weighted by atomic mass is 10.00. The SMILES string of the molecule is CCc1ccc(NC(=O)O[C@H]2CCCN(C(C(N)=O)c3ccccc3Cl)C2)cc1. The Labute approximate surface area is 176 Å². The summed E-state index contributed by atoms with van der Waals surface area (Å²) in [5.41, 5.74) is 8.23. The van der Waals surface area contributed by atoms with Gasteiger partial charge in [0.05, 0.1) is 0 Å². The molecule has 1 aliphatic heterocycles. The van der Waals surface area contributed by atoms with Crippen LogP contribution >= 0.6 is 11.6 Å². The minimum absolute atomic E-state index is 0.331. The summed E-state index contributed by atoms with van der Waals surface area (Å²) in [6, 6.07) is 14.2. The number of anilines is 1. The molecule has 1 unspecified atom stereocenters. The lowest BCUT2D eigenvalue weighted by Gasteiger charge is -2.36. The smallest absolute Gasteiger partial charge is 0.411 e. The van der Waals surface area contributed by atoms with Gasteiger partial charge in [-0.3, -0.25) is 15.0 Å². The Balaban J connectivity index is 1.63. The van der Waals surface area contributed by atoms with Gasteiger partial charge in [0, 0.05) is 17.3 Å². The van der Waals surface area contributed by atoms with Crippen LogP contribution in [0.15, 0.2) is 48.5 Å². The number of hydrogen-bond acceptors (Lipinski definition) is 4. The number of nitrogens with zero attached hydrogens (tertiary/aromatic N) is 1. The molecule has 3 N–H and O–H groups in total. The molecule has 7 heteroatoms. The summed E-state index contributed by atoms with van der Waals surface area (Å²) >= 11 is 6.29. The predicted molar refractivity (Wildman–Crippen MR) is 114 cm³/mol. The Morgan fingerprint density at radius 1 is 1.24 bits per heavy atom. The van der Waals surface area contributed by atoms with Gasteiger partial charge in [-0.2, -0.15) is 0 Å². The van der Waals surface area contributed by atoms with Crippen LogP contribution in [-0.2, 0) is 16.0 Å². The van der Waals surface area contributed by atoms with Gasteiger partial charge in [0.1, 0.15) is 12.1 Å². The summed E-state index contributed by atoms with van der Waals surface area (Å²) in [6.45, 7) is 3.17. The molecule has 0 radical (unpaired) electrons. The average Bonchev–Trinajstić information content (AvgIpc) is 2.70. The molecule has 0 bridgehead atoms. The summed E-state index contributed by atoms with van der Waals surface area (Å²) in [7, 11) is 0. The Hall–Kier alpha value is -2.57. The highest BCUT2D eigenvalue weighted by Gasteiger charge is 2.33. The molecule has 1 saturated heterocycles. The van der Waals surface area contributed by atoms with Crippen molar-refractivity contribution < 1.29 is 14.3 Å². The largest absolute Gasteiger partial charge is 0.445 e. The van der Waals surface area contributed by atoms with Crippen molar-refractivity contribution in [3.8, 4) is 0 Å². The Kier molecular flexibility index (Phi) is 7.12. The van der Waals surface area contributed by atoms with Crippen molar-refractivity contribution >= 4 is 29.3 Å². The number of piperidine rings is 1. The monoisotopic (exact) mass is 415 g/mol. The highest BCUT2D eigenvalue weighted by molar-refractivity contribution is 6.31. The van der Waals surface area contributed by atoms with Crippen molar-refractivity contribution in [1.29, 1.82) is 0 Å². The van der Waals surface area contributed by atoms with Gasteiger partial charge in [-0.15, -0.1) is 0 Å². The standard InChI is InChI=1S/C22H26ClN3O3/c1-2-15-9-11-16(12-10-15)25-22(28)29-17-6-5-13-26(14-17)20(21(24)27)18-7-3-4-8-19(18)23/h3-4,7-12,17,20H,2,5-6,13-14H2,1H3,(H2,24,27)(H,25,28)/t17-,20?/m0/s1. The van der Waals surface area contributed by atoms with Gasteiger partial charge >= 0.3 is 6.09 Å². The van der Waals surface area contributed by atoms with Crippen molar-refractivity contribution in [3.63, 3.8) is 0 Å². The molecule has 0 aliphatic carbocycles. The molecule has 3 rings (SSSR count). The quantitative estimate of drug-likeness (QED) is 0.742. The number of rotatable bonds is 6. The Morgan fingerprint density at radius 2 is 1.97 bits per heavy atom. The van der Waals surface area contributed by atoms with E-state index in [1.165, 1.54) is 5.56 Å². The van der Waals surface area contributed by atoms with Gasteiger partial charge in [-0.25, -0.2) is 4.79 Å². The molecular weight excluding hydrogens is 390 g/mol. The van der Waals surface area contributed by atoms with Crippen LogP contribution in [0.3, 0.4) is 0 Å². The minimum atomic E-state index is -0.653. The number of carbonyl (C=O) groups excluding carboxylic acids is 2. The van der Waals surface area contributed by atoms with E-state index in [9.17, 15) is 9.59 Å². The van der Waals surface area contributed by atoms with Gasteiger partial charge in [0.15, 0.2) is 0 Å². The van der Waals surface area contributed by atoms with E-state index in [1.54, 1.807) is 12.1 Å². The molecule has 29 heavy (non-hydrogen) atoms. The first-order chi connectivity index (χ1) is 14.0. The van der Waals surface area contributed by atoms with E-state index in [4.69, 9.17) is 22.1 Å². The number of likely N-dealkylation sites (tertiary alicyclic amines) is 1. The molecule has 1 aliphatic rings. The van der Waals surface area contributed by atoms with Crippen LogP contribution in [-0.4, -0.2) is 36.1 Å². The number of aryl methyl sites for hydroxylation is 1. The van der Waals surface area contributed by atoms with E-state index in [0.29, 0.717) is 29.4 Å². The zero-order valence-electron chi connectivity index (χ0n) is 16.4. The zero-order valence-corrected chi connectivity index (χ0v) is 17.2. The van der Waals surface area contributed by atoms with Gasteiger partial charge in [0.2, 0.25) is 5.91 Å². The summed E-state index contributed by atoms with van der Waals surface area (Å²) < 4.78 is 5.60. The molecule has 0 saturated carbocycles. The van der Waals surface area contributed by atoms with Crippen LogP contribution in [0.25, 0.3) is 0 Å². The predicted octanol–water partition coefficient (Wildman–Crippen LogP) is 4.14. The molecule has 2 atom stereocenters. The van der Waals surface area contributed by atoms with Gasteiger partial charge in [-0.05, 0) is 55.1 Å². The van der Waals surface area contributed by atoms with Crippen LogP contribution in [0, 0.1) is 0 Å². The fraction of sp³-hybridized carbons (Fsp3) is 0.364. The first-order valence-electron chi connectivity index (χ1n) is 9.82. The first kappa shape index (κ1) is 21.1. The van der Waals surface area contributed by atoms with Crippen LogP contribution in [0.2, 0.25) is 5.02 Å². The summed E-state index contributed by atoms with van der Waals surface area (Å²) in [6.07, 6.45) is 1.62. The van der Waals surface area contributed by atoms with E-state index >= 15 is 0 Å². The van der Waals surface area contributed by atoms with E-state index in [0.717, 1.165) is 19.3 Å². The molecule has 2 aromatic carbocycles. The normalized spacial score (nSPS) is 18.1. The van der Waals surface area contributed by atoms with Crippen molar-refractivity contribution in [3.05, 3.63) is 64.7 Å². The number of ether oxygens (including phenoxy) is 1. The fourth-order valence-corrected chi connectivity index (χ4v) is 3.89. The number of halogens is 1.